The van der Waals surface area contributed by atoms with E-state index in [0.29, 0.717) is 0 Å². The van der Waals surface area contributed by atoms with Gasteiger partial charge in [0, 0.05) is 54.1 Å². The lowest BCUT2D eigenvalue weighted by molar-refractivity contribution is 0.299. The number of furan rings is 1. The largest absolute Gasteiger partial charge is 0.456 e. The SMILES string of the molecule is CC1(C)c2ccccc2-c2cc3sc4ccc(N(c5ccccc5)c5ccc6c(c5)oc5ccccc56)cc4c3cc2C1(C)C. The minimum atomic E-state index is -0.0329. The monoisotopic (exact) mass is 599 g/mol. The molecule has 9 rings (SSSR count). The number of rotatable bonds is 3. The van der Waals surface area contributed by atoms with E-state index >= 15 is 0 Å². The average Bonchev–Trinajstić information content (AvgIpc) is 3.61. The summed E-state index contributed by atoms with van der Waals surface area (Å²) in [5.41, 5.74) is 10.7. The highest BCUT2D eigenvalue weighted by atomic mass is 32.1. The molecule has 0 aliphatic heterocycles. The van der Waals surface area contributed by atoms with Crippen molar-refractivity contribution >= 4 is 70.5 Å². The van der Waals surface area contributed by atoms with E-state index in [4.69, 9.17) is 4.42 Å². The normalized spacial score (nSPS) is 15.0. The zero-order valence-electron chi connectivity index (χ0n) is 25.9. The molecule has 3 heteroatoms. The van der Waals surface area contributed by atoms with Crippen molar-refractivity contribution in [3.63, 3.8) is 0 Å². The number of benzene rings is 6. The third-order valence-electron chi connectivity index (χ3n) is 10.6. The van der Waals surface area contributed by atoms with Crippen molar-refractivity contribution in [3.05, 3.63) is 139 Å². The topological polar surface area (TPSA) is 16.4 Å². The van der Waals surface area contributed by atoms with Crippen LogP contribution in [0.4, 0.5) is 17.1 Å². The number of hydrogen-bond acceptors (Lipinski definition) is 3. The van der Waals surface area contributed by atoms with Crippen LogP contribution < -0.4 is 4.90 Å². The fraction of sp³-hybridized carbons (Fsp3) is 0.143. The first-order valence-corrected chi connectivity index (χ1v) is 16.5. The highest BCUT2D eigenvalue weighted by Crippen LogP contribution is 2.55. The first-order chi connectivity index (χ1) is 21.8. The van der Waals surface area contributed by atoms with Crippen molar-refractivity contribution in [2.45, 2.75) is 38.5 Å². The predicted molar refractivity (Wildman–Crippen MR) is 193 cm³/mol. The number of hydrogen-bond donors (Lipinski definition) is 0. The summed E-state index contributed by atoms with van der Waals surface area (Å²) in [4.78, 5) is 2.34. The summed E-state index contributed by atoms with van der Waals surface area (Å²) in [7, 11) is 0. The van der Waals surface area contributed by atoms with Gasteiger partial charge in [-0.05, 0) is 93.7 Å². The first-order valence-electron chi connectivity index (χ1n) is 15.7. The van der Waals surface area contributed by atoms with Crippen molar-refractivity contribution in [1.82, 2.24) is 0 Å². The maximum Gasteiger partial charge on any atom is 0.137 e. The van der Waals surface area contributed by atoms with Crippen LogP contribution in [0.15, 0.2) is 132 Å². The van der Waals surface area contributed by atoms with Gasteiger partial charge in [0.05, 0.1) is 0 Å². The van der Waals surface area contributed by atoms with Gasteiger partial charge < -0.3 is 9.32 Å². The van der Waals surface area contributed by atoms with E-state index < -0.39 is 0 Å². The van der Waals surface area contributed by atoms with E-state index in [1.165, 1.54) is 42.4 Å². The lowest BCUT2D eigenvalue weighted by Crippen LogP contribution is -2.43. The Bertz CT molecular complexity index is 2440. The summed E-state index contributed by atoms with van der Waals surface area (Å²) in [5.74, 6) is 0. The highest BCUT2D eigenvalue weighted by molar-refractivity contribution is 7.25. The van der Waals surface area contributed by atoms with Crippen molar-refractivity contribution in [2.75, 3.05) is 4.90 Å². The van der Waals surface area contributed by atoms with Gasteiger partial charge in [0.2, 0.25) is 0 Å². The van der Waals surface area contributed by atoms with Crippen LogP contribution in [0.1, 0.15) is 38.8 Å². The minimum absolute atomic E-state index is 0.000657. The van der Waals surface area contributed by atoms with Crippen molar-refractivity contribution < 1.29 is 4.42 Å². The molecule has 1 aliphatic carbocycles. The van der Waals surface area contributed by atoms with Gasteiger partial charge in [-0.1, -0.05) is 88.4 Å². The maximum atomic E-state index is 6.32. The fourth-order valence-corrected chi connectivity index (χ4v) is 8.61. The number of para-hydroxylation sites is 2. The molecule has 2 aromatic heterocycles. The molecular formula is C42H33NOS. The summed E-state index contributed by atoms with van der Waals surface area (Å²) in [6, 6.07) is 46.4. The Morgan fingerprint density at radius 3 is 2.00 bits per heavy atom. The van der Waals surface area contributed by atoms with Crippen molar-refractivity contribution in [1.29, 1.82) is 0 Å². The molecule has 0 amide bonds. The van der Waals surface area contributed by atoms with E-state index in [9.17, 15) is 0 Å². The number of anilines is 3. The molecule has 0 radical (unpaired) electrons. The van der Waals surface area contributed by atoms with Crippen LogP contribution >= 0.6 is 11.3 Å². The third-order valence-corrected chi connectivity index (χ3v) is 11.7. The van der Waals surface area contributed by atoms with E-state index in [1.807, 2.05) is 23.5 Å². The van der Waals surface area contributed by atoms with Crippen LogP contribution in [0.25, 0.3) is 53.2 Å². The summed E-state index contributed by atoms with van der Waals surface area (Å²) in [6.07, 6.45) is 0. The molecular weight excluding hydrogens is 567 g/mol. The van der Waals surface area contributed by atoms with Gasteiger partial charge in [0.15, 0.2) is 0 Å². The van der Waals surface area contributed by atoms with Crippen LogP contribution in [0, 0.1) is 0 Å². The van der Waals surface area contributed by atoms with Crippen LogP contribution in [-0.4, -0.2) is 0 Å². The van der Waals surface area contributed by atoms with Crippen LogP contribution in [0.2, 0.25) is 0 Å². The molecule has 0 unspecified atom stereocenters. The highest BCUT2D eigenvalue weighted by Gasteiger charge is 2.45. The molecule has 218 valence electrons. The summed E-state index contributed by atoms with van der Waals surface area (Å²) >= 11 is 1.89. The predicted octanol–water partition coefficient (Wildman–Crippen LogP) is 12.7. The molecule has 0 spiro atoms. The van der Waals surface area contributed by atoms with Crippen LogP contribution in [0.5, 0.6) is 0 Å². The molecule has 2 heterocycles. The standard InChI is InChI=1S/C42H33NOS/c1-41(2)35-16-10-8-14-29(35)32-25-40-34(24-36(32)42(41,3)4)33-22-27(19-21-39(33)45-40)43(26-12-6-5-7-13-26)28-18-20-31-30-15-9-11-17-37(30)44-38(31)23-28/h5-25H,1-4H3. The number of fused-ring (bicyclic) bond motifs is 9. The lowest BCUT2D eigenvalue weighted by atomic mass is 9.55. The Balaban J connectivity index is 1.26. The average molecular weight is 600 g/mol. The van der Waals surface area contributed by atoms with Crippen molar-refractivity contribution in [2.24, 2.45) is 0 Å². The molecule has 0 N–H and O–H groups in total. The second-order valence-corrected chi connectivity index (χ2v) is 14.5. The Morgan fingerprint density at radius 1 is 0.467 bits per heavy atom. The molecule has 2 nitrogen and oxygen atoms in total. The maximum absolute atomic E-state index is 6.32. The second-order valence-electron chi connectivity index (χ2n) is 13.4. The molecule has 0 saturated carbocycles. The Hall–Kier alpha value is -4.86. The molecule has 8 aromatic rings. The molecule has 0 bridgehead atoms. The van der Waals surface area contributed by atoms with Gasteiger partial charge in [-0.3, -0.25) is 0 Å². The lowest BCUT2D eigenvalue weighted by Gasteiger charge is -2.48. The van der Waals surface area contributed by atoms with E-state index in [2.05, 4.69) is 148 Å². The van der Waals surface area contributed by atoms with E-state index in [-0.39, 0.29) is 10.8 Å². The Labute approximate surface area is 267 Å². The molecule has 0 atom stereocenters. The van der Waals surface area contributed by atoms with Gasteiger partial charge in [-0.25, -0.2) is 0 Å². The number of thiophene rings is 1. The summed E-state index contributed by atoms with van der Waals surface area (Å²) in [6.45, 7) is 9.64. The van der Waals surface area contributed by atoms with Crippen LogP contribution in [0.3, 0.4) is 0 Å². The molecule has 0 saturated heterocycles. The van der Waals surface area contributed by atoms with Gasteiger partial charge >= 0.3 is 0 Å². The summed E-state index contributed by atoms with van der Waals surface area (Å²) < 4.78 is 8.96. The van der Waals surface area contributed by atoms with E-state index in [1.54, 1.807) is 0 Å². The number of nitrogens with zero attached hydrogens (tertiary/aromatic N) is 1. The molecule has 1 aliphatic rings. The first kappa shape index (κ1) is 26.5. The third kappa shape index (κ3) is 3.74. The smallest absolute Gasteiger partial charge is 0.137 e. The summed E-state index contributed by atoms with van der Waals surface area (Å²) in [5, 5.41) is 4.92. The van der Waals surface area contributed by atoms with Gasteiger partial charge in [-0.15, -0.1) is 11.3 Å². The second kappa shape index (κ2) is 9.32. The Morgan fingerprint density at radius 2 is 1.13 bits per heavy atom. The molecule has 45 heavy (non-hydrogen) atoms. The quantitative estimate of drug-likeness (QED) is 0.201. The Kier molecular flexibility index (Phi) is 5.50. The van der Waals surface area contributed by atoms with Gasteiger partial charge in [0.25, 0.3) is 0 Å². The zero-order valence-corrected chi connectivity index (χ0v) is 26.7. The van der Waals surface area contributed by atoms with Crippen LogP contribution in [-0.2, 0) is 10.8 Å². The van der Waals surface area contributed by atoms with E-state index in [0.717, 1.165) is 39.0 Å². The van der Waals surface area contributed by atoms with Gasteiger partial charge in [0.1, 0.15) is 11.2 Å². The minimum Gasteiger partial charge on any atom is -0.456 e. The molecule has 0 fully saturated rings. The zero-order chi connectivity index (χ0) is 30.5. The van der Waals surface area contributed by atoms with Gasteiger partial charge in [-0.2, -0.15) is 0 Å². The molecule has 6 aromatic carbocycles. The van der Waals surface area contributed by atoms with Crippen molar-refractivity contribution in [3.8, 4) is 11.1 Å². The fourth-order valence-electron chi connectivity index (χ4n) is 7.50.